The number of hydrogen-bond donors (Lipinski definition) is 1. The average Bonchev–Trinajstić information content (AvgIpc) is 2.37. The van der Waals surface area contributed by atoms with Crippen molar-refractivity contribution >= 4 is 17.4 Å². The van der Waals surface area contributed by atoms with Crippen LogP contribution in [0.1, 0.15) is 51.9 Å². The van der Waals surface area contributed by atoms with E-state index in [0.29, 0.717) is 12.0 Å². The van der Waals surface area contributed by atoms with Crippen LogP contribution in [0.3, 0.4) is 0 Å². The molecule has 2 atom stereocenters. The molecule has 0 radical (unpaired) electrons. The normalized spacial score (nSPS) is 19.6. The van der Waals surface area contributed by atoms with Gasteiger partial charge >= 0.3 is 0 Å². The van der Waals surface area contributed by atoms with Gasteiger partial charge in [0.1, 0.15) is 6.23 Å². The molecule has 1 saturated carbocycles. The molecule has 0 spiro atoms. The summed E-state index contributed by atoms with van der Waals surface area (Å²) >= 11 is 4.59. The number of nitrogens with one attached hydrogen (secondary N) is 1. The SMILES string of the molecule is C=CCC(C)CC(NN=C=S)OC1CCCCC1. The molecule has 0 bridgehead atoms. The first-order valence-electron chi connectivity index (χ1n) is 6.85. The second-order valence-electron chi connectivity index (χ2n) is 5.08. The van der Waals surface area contributed by atoms with E-state index in [4.69, 9.17) is 4.74 Å². The van der Waals surface area contributed by atoms with Crippen molar-refractivity contribution in [2.75, 3.05) is 0 Å². The lowest BCUT2D eigenvalue weighted by molar-refractivity contribution is -0.0546. The van der Waals surface area contributed by atoms with Gasteiger partial charge in [-0.1, -0.05) is 32.3 Å². The molecule has 18 heavy (non-hydrogen) atoms. The van der Waals surface area contributed by atoms with Gasteiger partial charge in [0.05, 0.1) is 11.3 Å². The number of hydrazone groups is 1. The van der Waals surface area contributed by atoms with Gasteiger partial charge in [-0.25, -0.2) is 0 Å². The summed E-state index contributed by atoms with van der Waals surface area (Å²) in [7, 11) is 0. The minimum absolute atomic E-state index is 0.0569. The van der Waals surface area contributed by atoms with Gasteiger partial charge in [0.25, 0.3) is 0 Å². The Morgan fingerprint density at radius 3 is 2.83 bits per heavy atom. The molecule has 2 unspecified atom stereocenters. The standard InChI is InChI=1S/C14H24N2OS/c1-3-7-12(2)10-14(16-15-11-18)17-13-8-5-4-6-9-13/h3,12-14,16H,1,4-10H2,2H3. The van der Waals surface area contributed by atoms with Crippen LogP contribution < -0.4 is 5.43 Å². The fraction of sp³-hybridized carbons (Fsp3) is 0.786. The predicted octanol–water partition coefficient (Wildman–Crippen LogP) is 3.87. The monoisotopic (exact) mass is 268 g/mol. The zero-order valence-electron chi connectivity index (χ0n) is 11.2. The molecule has 4 heteroatoms. The van der Waals surface area contributed by atoms with Gasteiger partial charge in [-0.3, -0.25) is 5.43 Å². The first-order valence-corrected chi connectivity index (χ1v) is 7.25. The number of hydrogen-bond acceptors (Lipinski definition) is 4. The van der Waals surface area contributed by atoms with Gasteiger partial charge in [-0.05, 0) is 43.8 Å². The molecule has 0 aromatic heterocycles. The number of nitrogens with zero attached hydrogens (tertiary/aromatic N) is 1. The maximum atomic E-state index is 6.09. The van der Waals surface area contributed by atoms with Gasteiger partial charge in [-0.2, -0.15) is 0 Å². The van der Waals surface area contributed by atoms with Gasteiger partial charge in [0, 0.05) is 0 Å². The average molecular weight is 268 g/mol. The summed E-state index contributed by atoms with van der Waals surface area (Å²) in [4.78, 5) is 0. The first kappa shape index (κ1) is 15.4. The Morgan fingerprint density at radius 2 is 2.22 bits per heavy atom. The van der Waals surface area contributed by atoms with Crippen molar-refractivity contribution in [2.24, 2.45) is 11.0 Å². The zero-order valence-corrected chi connectivity index (χ0v) is 12.0. The summed E-state index contributed by atoms with van der Waals surface area (Å²) in [5.41, 5.74) is 2.96. The quantitative estimate of drug-likeness (QED) is 0.238. The minimum atomic E-state index is -0.0569. The van der Waals surface area contributed by atoms with Crippen LogP contribution in [0.15, 0.2) is 17.8 Å². The molecule has 0 aromatic rings. The highest BCUT2D eigenvalue weighted by Gasteiger charge is 2.20. The fourth-order valence-corrected chi connectivity index (χ4v) is 2.47. The molecule has 1 aliphatic carbocycles. The lowest BCUT2D eigenvalue weighted by atomic mass is 9.97. The topological polar surface area (TPSA) is 33.6 Å². The van der Waals surface area contributed by atoms with Crippen LogP contribution in [0.4, 0.5) is 0 Å². The predicted molar refractivity (Wildman–Crippen MR) is 78.5 cm³/mol. The van der Waals surface area contributed by atoms with Crippen LogP contribution in [0, 0.1) is 5.92 Å². The van der Waals surface area contributed by atoms with Crippen molar-refractivity contribution in [1.29, 1.82) is 0 Å². The van der Waals surface area contributed by atoms with Crippen LogP contribution in [0.25, 0.3) is 0 Å². The summed E-state index contributed by atoms with van der Waals surface area (Å²) < 4.78 is 6.09. The highest BCUT2D eigenvalue weighted by molar-refractivity contribution is 7.78. The Hall–Kier alpha value is -0.700. The Kier molecular flexibility index (Phi) is 7.90. The van der Waals surface area contributed by atoms with Crippen molar-refractivity contribution in [2.45, 2.75) is 64.2 Å². The van der Waals surface area contributed by atoms with Crippen LogP contribution in [0.2, 0.25) is 0 Å². The number of rotatable bonds is 8. The lowest BCUT2D eigenvalue weighted by Gasteiger charge is -2.28. The second-order valence-corrected chi connectivity index (χ2v) is 5.26. The van der Waals surface area contributed by atoms with E-state index < -0.39 is 0 Å². The highest BCUT2D eigenvalue weighted by Crippen LogP contribution is 2.23. The number of allylic oxidation sites excluding steroid dienone is 1. The van der Waals surface area contributed by atoms with E-state index >= 15 is 0 Å². The zero-order chi connectivity index (χ0) is 13.2. The molecular formula is C14H24N2OS. The van der Waals surface area contributed by atoms with Gasteiger partial charge in [-0.15, -0.1) is 11.7 Å². The van der Waals surface area contributed by atoms with Gasteiger partial charge in [0.15, 0.2) is 0 Å². The lowest BCUT2D eigenvalue weighted by Crippen LogP contribution is -2.34. The Morgan fingerprint density at radius 1 is 1.50 bits per heavy atom. The number of ether oxygens (including phenoxy) is 1. The molecule has 0 aromatic carbocycles. The summed E-state index contributed by atoms with van der Waals surface area (Å²) in [6.45, 7) is 5.97. The van der Waals surface area contributed by atoms with Crippen LogP contribution in [-0.2, 0) is 4.74 Å². The molecule has 1 N–H and O–H groups in total. The van der Waals surface area contributed by atoms with E-state index in [1.54, 1.807) is 0 Å². The highest BCUT2D eigenvalue weighted by atomic mass is 32.1. The fourth-order valence-electron chi connectivity index (χ4n) is 2.42. The first-order chi connectivity index (χ1) is 8.76. The van der Waals surface area contributed by atoms with Crippen molar-refractivity contribution in [3.63, 3.8) is 0 Å². The van der Waals surface area contributed by atoms with Crippen LogP contribution in [0.5, 0.6) is 0 Å². The summed E-state index contributed by atoms with van der Waals surface area (Å²) in [6, 6.07) is 0. The van der Waals surface area contributed by atoms with Crippen molar-refractivity contribution < 1.29 is 4.74 Å². The second kappa shape index (κ2) is 9.26. The summed E-state index contributed by atoms with van der Waals surface area (Å²) in [5, 5.41) is 6.15. The summed E-state index contributed by atoms with van der Waals surface area (Å²) in [6.07, 6.45) is 10.4. The molecule has 3 nitrogen and oxygen atoms in total. The van der Waals surface area contributed by atoms with Crippen LogP contribution >= 0.6 is 12.2 Å². The molecular weight excluding hydrogens is 244 g/mol. The molecule has 1 rings (SSSR count). The van der Waals surface area contributed by atoms with E-state index in [1.165, 1.54) is 19.3 Å². The van der Waals surface area contributed by atoms with Gasteiger partial charge in [0.2, 0.25) is 0 Å². The van der Waals surface area contributed by atoms with Crippen LogP contribution in [-0.4, -0.2) is 17.5 Å². The molecule has 1 fully saturated rings. The summed E-state index contributed by atoms with van der Waals surface area (Å²) in [5.74, 6) is 0.531. The third-order valence-corrected chi connectivity index (χ3v) is 3.44. The number of thiocarbonyl (C=S) groups is 1. The molecule has 0 saturated heterocycles. The number of isothiocyanates is 1. The van der Waals surface area contributed by atoms with E-state index in [9.17, 15) is 0 Å². The molecule has 102 valence electrons. The van der Waals surface area contributed by atoms with E-state index in [-0.39, 0.29) is 6.23 Å². The third kappa shape index (κ3) is 6.29. The molecule has 1 aliphatic rings. The molecule has 0 aliphatic heterocycles. The van der Waals surface area contributed by atoms with Gasteiger partial charge < -0.3 is 4.74 Å². The Balaban J connectivity index is 2.42. The molecule has 0 amide bonds. The largest absolute Gasteiger partial charge is 0.354 e. The Bertz CT molecular complexity index is 284. The van der Waals surface area contributed by atoms with Crippen molar-refractivity contribution in [3.8, 4) is 0 Å². The third-order valence-electron chi connectivity index (χ3n) is 3.35. The van der Waals surface area contributed by atoms with E-state index in [2.05, 4.69) is 41.4 Å². The van der Waals surface area contributed by atoms with E-state index in [1.807, 2.05) is 6.08 Å². The Labute approximate surface area is 116 Å². The smallest absolute Gasteiger partial charge is 0.144 e. The minimum Gasteiger partial charge on any atom is -0.354 e. The van der Waals surface area contributed by atoms with E-state index in [0.717, 1.165) is 25.7 Å². The molecule has 0 heterocycles. The van der Waals surface area contributed by atoms with Crippen molar-refractivity contribution in [3.05, 3.63) is 12.7 Å². The maximum absolute atomic E-state index is 6.09. The van der Waals surface area contributed by atoms with Crippen molar-refractivity contribution in [1.82, 2.24) is 5.43 Å². The maximum Gasteiger partial charge on any atom is 0.144 e.